The minimum atomic E-state index is -3.04. The summed E-state index contributed by atoms with van der Waals surface area (Å²) in [5, 5.41) is 2.36. The molecule has 1 saturated heterocycles. The summed E-state index contributed by atoms with van der Waals surface area (Å²) in [7, 11) is 0. The van der Waals surface area contributed by atoms with Crippen LogP contribution in [0.3, 0.4) is 0 Å². The standard InChI is InChI=1S/C21H23F2N5O3/c1-12-10-28(19(31)18(30)27-16-6-14(17(24)29)7-25-9-16)20(3,11-21(12,22)23)15-5-4-13(2)26-8-15/h4-9,12H,10-11H2,1-3H3,(H2,24,29)(H,27,30)/t12-,20+/m1/s1. The van der Waals surface area contributed by atoms with Crippen LogP contribution in [0.5, 0.6) is 0 Å². The second-order valence-corrected chi connectivity index (χ2v) is 8.00. The molecule has 2 aromatic heterocycles. The van der Waals surface area contributed by atoms with Crippen LogP contribution < -0.4 is 11.1 Å². The van der Waals surface area contributed by atoms with Crippen molar-refractivity contribution in [3.63, 3.8) is 0 Å². The summed E-state index contributed by atoms with van der Waals surface area (Å²) in [6, 6.07) is 4.57. The van der Waals surface area contributed by atoms with Crippen molar-refractivity contribution in [1.29, 1.82) is 0 Å². The van der Waals surface area contributed by atoms with Gasteiger partial charge in [-0.1, -0.05) is 13.0 Å². The van der Waals surface area contributed by atoms with Crippen LogP contribution in [0.15, 0.2) is 36.8 Å². The third-order valence-corrected chi connectivity index (χ3v) is 5.61. The topological polar surface area (TPSA) is 118 Å². The molecule has 0 saturated carbocycles. The summed E-state index contributed by atoms with van der Waals surface area (Å²) in [6.45, 7) is 4.28. The molecule has 0 aromatic carbocycles. The molecule has 1 fully saturated rings. The van der Waals surface area contributed by atoms with Crippen LogP contribution in [-0.4, -0.2) is 45.1 Å². The normalized spacial score (nSPS) is 22.6. The Morgan fingerprint density at radius 2 is 1.94 bits per heavy atom. The molecule has 164 valence electrons. The van der Waals surface area contributed by atoms with Crippen molar-refractivity contribution >= 4 is 23.4 Å². The maximum Gasteiger partial charge on any atom is 0.313 e. The Bertz CT molecular complexity index is 1030. The van der Waals surface area contributed by atoms with Crippen molar-refractivity contribution in [3.05, 3.63) is 53.6 Å². The number of nitrogens with zero attached hydrogens (tertiary/aromatic N) is 3. The third-order valence-electron chi connectivity index (χ3n) is 5.61. The molecular weight excluding hydrogens is 408 g/mol. The lowest BCUT2D eigenvalue weighted by molar-refractivity contribution is -0.172. The zero-order chi connectivity index (χ0) is 23.0. The molecule has 2 aromatic rings. The fraction of sp³-hybridized carbons (Fsp3) is 0.381. The van der Waals surface area contributed by atoms with Crippen LogP contribution in [0.2, 0.25) is 0 Å². The van der Waals surface area contributed by atoms with E-state index in [4.69, 9.17) is 5.73 Å². The second-order valence-electron chi connectivity index (χ2n) is 8.00. The van der Waals surface area contributed by atoms with E-state index in [1.165, 1.54) is 38.5 Å². The quantitative estimate of drug-likeness (QED) is 0.723. The molecule has 0 radical (unpaired) electrons. The molecule has 3 amide bonds. The van der Waals surface area contributed by atoms with E-state index in [-0.39, 0.29) is 17.8 Å². The third kappa shape index (κ3) is 4.37. The number of nitrogens with one attached hydrogen (secondary N) is 1. The number of aromatic nitrogens is 2. The van der Waals surface area contributed by atoms with Crippen LogP contribution in [-0.2, 0) is 15.1 Å². The zero-order valence-electron chi connectivity index (χ0n) is 17.4. The van der Waals surface area contributed by atoms with E-state index in [2.05, 4.69) is 15.3 Å². The van der Waals surface area contributed by atoms with Crippen molar-refractivity contribution in [2.24, 2.45) is 11.7 Å². The number of carbonyl (C=O) groups excluding carboxylic acids is 3. The number of pyridine rings is 2. The number of halogens is 2. The van der Waals surface area contributed by atoms with Crippen molar-refractivity contribution in [2.75, 3.05) is 11.9 Å². The molecule has 31 heavy (non-hydrogen) atoms. The summed E-state index contributed by atoms with van der Waals surface area (Å²) >= 11 is 0. The Kier molecular flexibility index (Phi) is 5.75. The maximum atomic E-state index is 14.7. The number of carbonyl (C=O) groups is 3. The van der Waals surface area contributed by atoms with Gasteiger partial charge in [0.1, 0.15) is 0 Å². The maximum absolute atomic E-state index is 14.7. The van der Waals surface area contributed by atoms with Crippen LogP contribution in [0, 0.1) is 12.8 Å². The van der Waals surface area contributed by atoms with Gasteiger partial charge in [0.25, 0.3) is 5.92 Å². The largest absolute Gasteiger partial charge is 0.366 e. The zero-order valence-corrected chi connectivity index (χ0v) is 17.4. The van der Waals surface area contributed by atoms with Gasteiger partial charge < -0.3 is 16.0 Å². The minimum absolute atomic E-state index is 0.0482. The molecule has 1 aliphatic heterocycles. The van der Waals surface area contributed by atoms with Gasteiger partial charge in [-0.2, -0.15) is 0 Å². The SMILES string of the molecule is Cc1ccc([C@]2(C)CC(F)(F)[C@H](C)CN2C(=O)C(=O)Nc2cncc(C(N)=O)c2)cn1. The number of amides is 3. The molecule has 0 aliphatic carbocycles. The number of rotatable bonds is 3. The van der Waals surface area contributed by atoms with E-state index >= 15 is 0 Å². The number of alkyl halides is 2. The highest BCUT2D eigenvalue weighted by atomic mass is 19.3. The Morgan fingerprint density at radius 3 is 2.55 bits per heavy atom. The summed E-state index contributed by atoms with van der Waals surface area (Å²) in [5.74, 6) is -6.94. The molecule has 3 heterocycles. The lowest BCUT2D eigenvalue weighted by Gasteiger charge is -2.49. The summed E-state index contributed by atoms with van der Waals surface area (Å²) in [6.07, 6.45) is 3.26. The first-order valence-corrected chi connectivity index (χ1v) is 9.63. The van der Waals surface area contributed by atoms with Gasteiger partial charge in [0.2, 0.25) is 5.91 Å². The monoisotopic (exact) mass is 431 g/mol. The van der Waals surface area contributed by atoms with Crippen molar-refractivity contribution in [3.8, 4) is 0 Å². The molecule has 2 atom stereocenters. The average molecular weight is 431 g/mol. The molecule has 0 spiro atoms. The fourth-order valence-electron chi connectivity index (χ4n) is 3.64. The molecule has 1 aliphatic rings. The fourth-order valence-corrected chi connectivity index (χ4v) is 3.64. The summed E-state index contributed by atoms with van der Waals surface area (Å²) in [5.41, 5.74) is 4.99. The van der Waals surface area contributed by atoms with E-state index in [0.717, 1.165) is 4.90 Å². The number of anilines is 1. The van der Waals surface area contributed by atoms with Crippen molar-refractivity contribution in [1.82, 2.24) is 14.9 Å². The van der Waals surface area contributed by atoms with Crippen molar-refractivity contribution in [2.45, 2.75) is 38.7 Å². The number of nitrogens with two attached hydrogens (primary N) is 1. The van der Waals surface area contributed by atoms with Crippen LogP contribution in [0.4, 0.5) is 14.5 Å². The highest BCUT2D eigenvalue weighted by molar-refractivity contribution is 6.39. The lowest BCUT2D eigenvalue weighted by atomic mass is 9.77. The van der Waals surface area contributed by atoms with Gasteiger partial charge in [0, 0.05) is 37.0 Å². The molecule has 3 rings (SSSR count). The number of primary amides is 1. The number of likely N-dealkylation sites (tertiary alicyclic amines) is 1. The Morgan fingerprint density at radius 1 is 1.23 bits per heavy atom. The van der Waals surface area contributed by atoms with Crippen LogP contribution in [0.1, 0.15) is 41.9 Å². The molecule has 3 N–H and O–H groups in total. The molecule has 10 heteroatoms. The smallest absolute Gasteiger partial charge is 0.313 e. The van der Waals surface area contributed by atoms with E-state index < -0.39 is 41.5 Å². The van der Waals surface area contributed by atoms with Crippen molar-refractivity contribution < 1.29 is 23.2 Å². The number of piperidine rings is 1. The van der Waals surface area contributed by atoms with Crippen LogP contribution >= 0.6 is 0 Å². The minimum Gasteiger partial charge on any atom is -0.366 e. The van der Waals surface area contributed by atoms with E-state index in [0.29, 0.717) is 11.3 Å². The van der Waals surface area contributed by atoms with Gasteiger partial charge in [-0.15, -0.1) is 0 Å². The van der Waals surface area contributed by atoms with Gasteiger partial charge >= 0.3 is 11.8 Å². The first kappa shape index (κ1) is 22.3. The number of hydrogen-bond donors (Lipinski definition) is 2. The highest BCUT2D eigenvalue weighted by Crippen LogP contribution is 2.46. The van der Waals surface area contributed by atoms with Gasteiger partial charge in [-0.05, 0) is 31.5 Å². The van der Waals surface area contributed by atoms with Gasteiger partial charge in [0.15, 0.2) is 0 Å². The Balaban J connectivity index is 1.92. The van der Waals surface area contributed by atoms with Gasteiger partial charge in [-0.3, -0.25) is 24.4 Å². The van der Waals surface area contributed by atoms with Gasteiger partial charge in [0.05, 0.1) is 23.0 Å². The van der Waals surface area contributed by atoms with E-state index in [1.54, 1.807) is 19.1 Å². The van der Waals surface area contributed by atoms with Crippen LogP contribution in [0.25, 0.3) is 0 Å². The Hall–Kier alpha value is -3.43. The van der Waals surface area contributed by atoms with Gasteiger partial charge in [-0.25, -0.2) is 8.78 Å². The molecular formula is C21H23F2N5O3. The van der Waals surface area contributed by atoms with E-state index in [1.807, 2.05) is 0 Å². The predicted molar refractivity (Wildman–Crippen MR) is 108 cm³/mol. The summed E-state index contributed by atoms with van der Waals surface area (Å²) in [4.78, 5) is 46.2. The predicted octanol–water partition coefficient (Wildman–Crippen LogP) is 2.24. The first-order chi connectivity index (χ1) is 14.4. The summed E-state index contributed by atoms with van der Waals surface area (Å²) < 4.78 is 29.3. The van der Waals surface area contributed by atoms with E-state index in [9.17, 15) is 23.2 Å². The first-order valence-electron chi connectivity index (χ1n) is 9.63. The molecule has 0 unspecified atom stereocenters. The number of hydrogen-bond acceptors (Lipinski definition) is 5. The number of aryl methyl sites for hydroxylation is 1. The Labute approximate surface area is 177 Å². The average Bonchev–Trinajstić information content (AvgIpc) is 2.70. The lowest BCUT2D eigenvalue weighted by Crippen LogP contribution is -2.61. The second kappa shape index (κ2) is 8.01. The highest BCUT2D eigenvalue weighted by Gasteiger charge is 2.54. The molecule has 8 nitrogen and oxygen atoms in total. The molecule has 0 bridgehead atoms.